The molecule has 17 heavy (non-hydrogen) atoms. The first-order valence-electron chi connectivity index (χ1n) is 6.37. The Balaban J connectivity index is 1.77. The van der Waals surface area contributed by atoms with Crippen LogP contribution in [0.2, 0.25) is 0 Å². The van der Waals surface area contributed by atoms with E-state index in [1.54, 1.807) is 0 Å². The molecular weight excluding hydrogens is 232 g/mol. The quantitative estimate of drug-likeness (QED) is 0.866. The predicted molar refractivity (Wildman–Crippen MR) is 72.7 cm³/mol. The molecule has 0 amide bonds. The van der Waals surface area contributed by atoms with Crippen molar-refractivity contribution < 1.29 is 0 Å². The molecule has 4 nitrogen and oxygen atoms in total. The van der Waals surface area contributed by atoms with Gasteiger partial charge >= 0.3 is 0 Å². The number of nitrogens with zero attached hydrogens (tertiary/aromatic N) is 2. The van der Waals surface area contributed by atoms with E-state index < -0.39 is 0 Å². The van der Waals surface area contributed by atoms with Crippen LogP contribution in [-0.2, 0) is 5.41 Å². The molecule has 1 fully saturated rings. The lowest BCUT2D eigenvalue weighted by atomic mass is 9.96. The minimum atomic E-state index is 0.0451. The highest BCUT2D eigenvalue weighted by Crippen LogP contribution is 2.22. The Morgan fingerprint density at radius 2 is 2.29 bits per heavy atom. The zero-order chi connectivity index (χ0) is 12.3. The van der Waals surface area contributed by atoms with E-state index >= 15 is 0 Å². The minimum Gasteiger partial charge on any atom is -0.360 e. The highest BCUT2D eigenvalue weighted by atomic mass is 32.1. The second kappa shape index (κ2) is 5.31. The van der Waals surface area contributed by atoms with Crippen molar-refractivity contribution >= 4 is 16.7 Å². The fourth-order valence-corrected chi connectivity index (χ4v) is 2.74. The number of rotatable bonds is 4. The van der Waals surface area contributed by atoms with Crippen molar-refractivity contribution in [2.24, 2.45) is 0 Å². The summed E-state index contributed by atoms with van der Waals surface area (Å²) in [5.74, 6) is 0.934. The van der Waals surface area contributed by atoms with Crippen LogP contribution < -0.4 is 10.6 Å². The van der Waals surface area contributed by atoms with Gasteiger partial charge in [0.25, 0.3) is 0 Å². The van der Waals surface area contributed by atoms with Crippen molar-refractivity contribution in [2.45, 2.75) is 51.5 Å². The smallest absolute Gasteiger partial charge is 0.202 e. The molecule has 0 spiro atoms. The van der Waals surface area contributed by atoms with Crippen molar-refractivity contribution in [1.29, 1.82) is 0 Å². The molecule has 1 saturated heterocycles. The van der Waals surface area contributed by atoms with Crippen LogP contribution in [0.25, 0.3) is 0 Å². The Kier molecular flexibility index (Phi) is 3.99. The molecule has 96 valence electrons. The van der Waals surface area contributed by atoms with E-state index in [0.717, 1.165) is 17.5 Å². The molecule has 0 bridgehead atoms. The molecule has 1 aromatic heterocycles. The molecule has 5 heteroatoms. The first-order valence-corrected chi connectivity index (χ1v) is 7.14. The molecule has 0 aromatic carbocycles. The van der Waals surface area contributed by atoms with Crippen LogP contribution in [0.4, 0.5) is 5.13 Å². The van der Waals surface area contributed by atoms with Crippen LogP contribution >= 0.6 is 11.5 Å². The summed E-state index contributed by atoms with van der Waals surface area (Å²) in [7, 11) is 0. The Labute approximate surface area is 107 Å². The second-order valence-corrected chi connectivity index (χ2v) is 6.43. The van der Waals surface area contributed by atoms with Gasteiger partial charge in [0.05, 0.1) is 0 Å². The topological polar surface area (TPSA) is 49.8 Å². The third-order valence-corrected chi connectivity index (χ3v) is 3.70. The molecule has 1 aliphatic rings. The fraction of sp³-hybridized carbons (Fsp3) is 0.833. The Morgan fingerprint density at radius 1 is 1.47 bits per heavy atom. The number of anilines is 1. The maximum absolute atomic E-state index is 4.52. The zero-order valence-corrected chi connectivity index (χ0v) is 11.7. The Bertz CT molecular complexity index is 350. The van der Waals surface area contributed by atoms with Crippen molar-refractivity contribution in [2.75, 3.05) is 18.4 Å². The van der Waals surface area contributed by atoms with Gasteiger partial charge in [-0.25, -0.2) is 4.98 Å². The van der Waals surface area contributed by atoms with Crippen molar-refractivity contribution in [3.8, 4) is 0 Å². The molecule has 2 N–H and O–H groups in total. The maximum atomic E-state index is 4.52. The molecule has 1 aromatic rings. The van der Waals surface area contributed by atoms with Crippen molar-refractivity contribution in [3.05, 3.63) is 5.82 Å². The molecular formula is C12H22N4S. The summed E-state index contributed by atoms with van der Waals surface area (Å²) in [6.07, 6.45) is 3.80. The number of nitrogens with one attached hydrogen (secondary N) is 2. The molecule has 1 aliphatic heterocycles. The van der Waals surface area contributed by atoms with Crippen LogP contribution in [-0.4, -0.2) is 28.5 Å². The van der Waals surface area contributed by atoms with E-state index in [2.05, 4.69) is 40.8 Å². The van der Waals surface area contributed by atoms with Gasteiger partial charge in [0, 0.05) is 29.5 Å². The van der Waals surface area contributed by atoms with Gasteiger partial charge in [-0.2, -0.15) is 4.37 Å². The zero-order valence-electron chi connectivity index (χ0n) is 10.9. The van der Waals surface area contributed by atoms with Gasteiger partial charge in [0.2, 0.25) is 5.13 Å². The molecule has 1 atom stereocenters. The van der Waals surface area contributed by atoms with Crippen LogP contribution in [0.5, 0.6) is 0 Å². The van der Waals surface area contributed by atoms with E-state index in [9.17, 15) is 0 Å². The van der Waals surface area contributed by atoms with Gasteiger partial charge in [-0.15, -0.1) is 0 Å². The van der Waals surface area contributed by atoms with Gasteiger partial charge < -0.3 is 10.6 Å². The molecule has 1 unspecified atom stereocenters. The first-order chi connectivity index (χ1) is 8.05. The summed E-state index contributed by atoms with van der Waals surface area (Å²) in [6.45, 7) is 8.58. The van der Waals surface area contributed by atoms with E-state index in [0.29, 0.717) is 6.04 Å². The maximum Gasteiger partial charge on any atom is 0.202 e. The van der Waals surface area contributed by atoms with Crippen LogP contribution in [0.3, 0.4) is 0 Å². The predicted octanol–water partition coefficient (Wildman–Crippen LogP) is 2.39. The fourth-order valence-electron chi connectivity index (χ4n) is 1.96. The van der Waals surface area contributed by atoms with E-state index in [4.69, 9.17) is 0 Å². The summed E-state index contributed by atoms with van der Waals surface area (Å²) < 4.78 is 4.39. The molecule has 0 radical (unpaired) electrons. The van der Waals surface area contributed by atoms with Crippen molar-refractivity contribution in [3.63, 3.8) is 0 Å². The third-order valence-electron chi connectivity index (χ3n) is 3.03. The van der Waals surface area contributed by atoms with E-state index in [1.807, 2.05) is 0 Å². The number of hydrogen-bond donors (Lipinski definition) is 2. The number of aromatic nitrogens is 2. The van der Waals surface area contributed by atoms with Crippen LogP contribution in [0.15, 0.2) is 0 Å². The highest BCUT2D eigenvalue weighted by molar-refractivity contribution is 7.09. The van der Waals surface area contributed by atoms with E-state index in [1.165, 1.54) is 37.3 Å². The molecule has 0 aliphatic carbocycles. The highest BCUT2D eigenvalue weighted by Gasteiger charge is 2.19. The summed E-state index contributed by atoms with van der Waals surface area (Å²) >= 11 is 1.47. The lowest BCUT2D eigenvalue weighted by Gasteiger charge is -2.12. The van der Waals surface area contributed by atoms with E-state index in [-0.39, 0.29) is 5.41 Å². The first kappa shape index (κ1) is 12.8. The number of hydrogen-bond acceptors (Lipinski definition) is 5. The summed E-state index contributed by atoms with van der Waals surface area (Å²) in [5, 5.41) is 7.82. The van der Waals surface area contributed by atoms with Crippen LogP contribution in [0.1, 0.15) is 45.9 Å². The Hall–Kier alpha value is -0.680. The molecule has 2 rings (SSSR count). The molecule has 0 saturated carbocycles. The lowest BCUT2D eigenvalue weighted by molar-refractivity contribution is 0.554. The van der Waals surface area contributed by atoms with Gasteiger partial charge in [0.1, 0.15) is 5.82 Å². The average Bonchev–Trinajstić information content (AvgIpc) is 2.86. The van der Waals surface area contributed by atoms with Crippen LogP contribution in [0, 0.1) is 0 Å². The minimum absolute atomic E-state index is 0.0451. The largest absolute Gasteiger partial charge is 0.360 e. The second-order valence-electron chi connectivity index (χ2n) is 5.68. The van der Waals surface area contributed by atoms with Gasteiger partial charge in [0.15, 0.2) is 0 Å². The SMILES string of the molecule is CC(C)(C)c1nsc(NCCC2CCCN2)n1. The van der Waals surface area contributed by atoms with Gasteiger partial charge in [-0.1, -0.05) is 20.8 Å². The van der Waals surface area contributed by atoms with Gasteiger partial charge in [-0.3, -0.25) is 0 Å². The monoisotopic (exact) mass is 254 g/mol. The molecule has 2 heterocycles. The normalized spacial score (nSPS) is 20.8. The summed E-state index contributed by atoms with van der Waals surface area (Å²) in [6, 6.07) is 0.692. The van der Waals surface area contributed by atoms with Crippen molar-refractivity contribution in [1.82, 2.24) is 14.7 Å². The lowest BCUT2D eigenvalue weighted by Crippen LogP contribution is -2.24. The standard InChI is InChI=1S/C12H22N4S/c1-12(2,3)10-15-11(17-16-10)14-8-6-9-5-4-7-13-9/h9,13H,4-8H2,1-3H3,(H,14,15,16). The average molecular weight is 254 g/mol. The third kappa shape index (κ3) is 3.64. The summed E-state index contributed by atoms with van der Waals surface area (Å²) in [5.41, 5.74) is 0.0451. The Morgan fingerprint density at radius 3 is 2.88 bits per heavy atom. The van der Waals surface area contributed by atoms with Gasteiger partial charge in [-0.05, 0) is 25.8 Å². The summed E-state index contributed by atoms with van der Waals surface area (Å²) in [4.78, 5) is 4.52.